The Balaban J connectivity index is 2.23. The standard InChI is InChI=1S/C18H30N2OSi/c1-6-20(7-2)17(21)18(15-11-9-8-10-12-15)13-16(18)14-19-22(3,4)5/h8-12,16,19H,6-7,13-14H2,1-5H3. The molecule has 0 bridgehead atoms. The molecule has 1 fully saturated rings. The lowest BCUT2D eigenvalue weighted by Crippen LogP contribution is -2.45. The third kappa shape index (κ3) is 3.44. The van der Waals surface area contributed by atoms with Gasteiger partial charge in [0.25, 0.3) is 0 Å². The molecule has 0 saturated heterocycles. The van der Waals surface area contributed by atoms with Crippen molar-refractivity contribution in [2.45, 2.75) is 45.3 Å². The van der Waals surface area contributed by atoms with Crippen LogP contribution in [0, 0.1) is 5.92 Å². The molecular formula is C18H30N2OSi. The minimum Gasteiger partial charge on any atom is -0.342 e. The average molecular weight is 319 g/mol. The lowest BCUT2D eigenvalue weighted by Gasteiger charge is -2.27. The Hall–Kier alpha value is -1.13. The molecule has 1 aromatic rings. The van der Waals surface area contributed by atoms with Gasteiger partial charge in [-0.25, -0.2) is 0 Å². The van der Waals surface area contributed by atoms with Gasteiger partial charge >= 0.3 is 0 Å². The minimum absolute atomic E-state index is 0.292. The fourth-order valence-corrected chi connectivity index (χ4v) is 4.13. The van der Waals surface area contributed by atoms with Gasteiger partial charge in [0.2, 0.25) is 5.91 Å². The van der Waals surface area contributed by atoms with Crippen molar-refractivity contribution >= 4 is 14.1 Å². The highest BCUT2D eigenvalue weighted by atomic mass is 28.3. The summed E-state index contributed by atoms with van der Waals surface area (Å²) in [7, 11) is -1.30. The molecule has 4 heteroatoms. The van der Waals surface area contributed by atoms with Crippen LogP contribution >= 0.6 is 0 Å². The lowest BCUT2D eigenvalue weighted by molar-refractivity contribution is -0.134. The van der Waals surface area contributed by atoms with Crippen LogP contribution in [0.2, 0.25) is 19.6 Å². The Morgan fingerprint density at radius 1 is 1.23 bits per heavy atom. The smallest absolute Gasteiger partial charge is 0.233 e. The lowest BCUT2D eigenvalue weighted by atomic mass is 9.91. The second kappa shape index (κ2) is 6.55. The first-order valence-corrected chi connectivity index (χ1v) is 11.9. The second-order valence-electron chi connectivity index (χ2n) is 7.35. The minimum atomic E-state index is -1.30. The maximum Gasteiger partial charge on any atom is 0.233 e. The molecule has 2 unspecified atom stereocenters. The molecule has 1 N–H and O–H groups in total. The summed E-state index contributed by atoms with van der Waals surface area (Å²) in [6.07, 6.45) is 0.976. The monoisotopic (exact) mass is 318 g/mol. The second-order valence-corrected chi connectivity index (χ2v) is 12.2. The van der Waals surface area contributed by atoms with Crippen LogP contribution in [0.3, 0.4) is 0 Å². The van der Waals surface area contributed by atoms with Crippen LogP contribution < -0.4 is 4.98 Å². The first-order chi connectivity index (χ1) is 10.3. The quantitative estimate of drug-likeness (QED) is 0.783. The summed E-state index contributed by atoms with van der Waals surface area (Å²) < 4.78 is 0. The number of amides is 1. The van der Waals surface area contributed by atoms with Gasteiger partial charge in [-0.1, -0.05) is 50.0 Å². The zero-order valence-corrected chi connectivity index (χ0v) is 15.6. The van der Waals surface area contributed by atoms with Crippen molar-refractivity contribution in [2.24, 2.45) is 5.92 Å². The molecule has 2 atom stereocenters. The maximum absolute atomic E-state index is 13.1. The Morgan fingerprint density at radius 3 is 2.32 bits per heavy atom. The summed E-state index contributed by atoms with van der Waals surface area (Å²) in [5, 5.41) is 0. The number of likely N-dealkylation sites (N-methyl/N-ethyl adjacent to an activating group) is 1. The molecule has 22 heavy (non-hydrogen) atoms. The summed E-state index contributed by atoms with van der Waals surface area (Å²) >= 11 is 0. The van der Waals surface area contributed by atoms with E-state index in [1.165, 1.54) is 5.56 Å². The Morgan fingerprint density at radius 2 is 1.82 bits per heavy atom. The Labute approximate surface area is 136 Å². The van der Waals surface area contributed by atoms with Crippen LogP contribution in [-0.4, -0.2) is 38.7 Å². The molecule has 3 nitrogen and oxygen atoms in total. The van der Waals surface area contributed by atoms with E-state index in [1.807, 2.05) is 23.1 Å². The zero-order chi connectivity index (χ0) is 16.4. The van der Waals surface area contributed by atoms with Crippen molar-refractivity contribution in [3.8, 4) is 0 Å². The van der Waals surface area contributed by atoms with Gasteiger partial charge in [0.05, 0.1) is 5.41 Å². The molecule has 1 amide bonds. The van der Waals surface area contributed by atoms with E-state index in [0.29, 0.717) is 11.8 Å². The zero-order valence-electron chi connectivity index (χ0n) is 14.6. The topological polar surface area (TPSA) is 32.3 Å². The Bertz CT molecular complexity index is 508. The van der Waals surface area contributed by atoms with E-state index < -0.39 is 8.24 Å². The highest BCUT2D eigenvalue weighted by Gasteiger charge is 2.61. The van der Waals surface area contributed by atoms with Gasteiger partial charge in [-0.3, -0.25) is 4.79 Å². The molecule has 122 valence electrons. The van der Waals surface area contributed by atoms with Gasteiger partial charge in [0.1, 0.15) is 8.24 Å². The molecule has 0 aliphatic heterocycles. The van der Waals surface area contributed by atoms with Crippen LogP contribution in [0.25, 0.3) is 0 Å². The number of carbonyl (C=O) groups excluding carboxylic acids is 1. The van der Waals surface area contributed by atoms with Gasteiger partial charge in [0, 0.05) is 13.1 Å². The number of rotatable bonds is 7. The first kappa shape index (κ1) is 17.2. The van der Waals surface area contributed by atoms with Crippen LogP contribution in [0.4, 0.5) is 0 Å². The van der Waals surface area contributed by atoms with Crippen molar-refractivity contribution in [3.63, 3.8) is 0 Å². The fourth-order valence-electron chi connectivity index (χ4n) is 3.27. The summed E-state index contributed by atoms with van der Waals surface area (Å²) in [6.45, 7) is 13.6. The van der Waals surface area contributed by atoms with Gasteiger partial charge in [-0.15, -0.1) is 0 Å². The van der Waals surface area contributed by atoms with E-state index in [9.17, 15) is 4.79 Å². The van der Waals surface area contributed by atoms with Crippen LogP contribution in [0.5, 0.6) is 0 Å². The highest BCUT2D eigenvalue weighted by molar-refractivity contribution is 6.73. The van der Waals surface area contributed by atoms with E-state index in [-0.39, 0.29) is 5.41 Å². The molecule has 0 aromatic heterocycles. The van der Waals surface area contributed by atoms with E-state index in [2.05, 4.69) is 50.6 Å². The third-order valence-electron chi connectivity index (χ3n) is 4.71. The molecule has 0 radical (unpaired) electrons. The van der Waals surface area contributed by atoms with E-state index in [4.69, 9.17) is 0 Å². The molecule has 1 saturated carbocycles. The number of hydrogen-bond acceptors (Lipinski definition) is 2. The van der Waals surface area contributed by atoms with Crippen LogP contribution in [0.1, 0.15) is 25.8 Å². The molecule has 2 rings (SSSR count). The maximum atomic E-state index is 13.1. The Kier molecular flexibility index (Phi) is 5.13. The number of benzene rings is 1. The van der Waals surface area contributed by atoms with Crippen molar-refractivity contribution in [1.82, 2.24) is 9.88 Å². The van der Waals surface area contributed by atoms with Crippen molar-refractivity contribution < 1.29 is 4.79 Å². The fraction of sp³-hybridized carbons (Fsp3) is 0.611. The van der Waals surface area contributed by atoms with Crippen molar-refractivity contribution in [1.29, 1.82) is 0 Å². The van der Waals surface area contributed by atoms with Gasteiger partial charge in [-0.2, -0.15) is 0 Å². The summed E-state index contributed by atoms with van der Waals surface area (Å²) in [5.74, 6) is 0.737. The summed E-state index contributed by atoms with van der Waals surface area (Å²) in [6, 6.07) is 10.4. The largest absolute Gasteiger partial charge is 0.342 e. The van der Waals surface area contributed by atoms with E-state index in [0.717, 1.165) is 26.1 Å². The van der Waals surface area contributed by atoms with Gasteiger partial charge < -0.3 is 9.88 Å². The highest BCUT2D eigenvalue weighted by Crippen LogP contribution is 2.55. The number of nitrogens with zero attached hydrogens (tertiary/aromatic N) is 1. The van der Waals surface area contributed by atoms with Crippen LogP contribution in [-0.2, 0) is 10.2 Å². The average Bonchev–Trinajstić information content (AvgIpc) is 3.22. The third-order valence-corrected chi connectivity index (χ3v) is 5.97. The molecule has 1 aliphatic rings. The van der Waals surface area contributed by atoms with Gasteiger partial charge in [-0.05, 0) is 38.3 Å². The van der Waals surface area contributed by atoms with E-state index >= 15 is 0 Å². The first-order valence-electron chi connectivity index (χ1n) is 8.45. The molecule has 0 spiro atoms. The molecule has 1 aliphatic carbocycles. The number of nitrogens with one attached hydrogen (secondary N) is 1. The number of carbonyl (C=O) groups is 1. The summed E-state index contributed by atoms with van der Waals surface area (Å²) in [5.41, 5.74) is 0.897. The SMILES string of the molecule is CCN(CC)C(=O)C1(c2ccccc2)CC1CN[Si](C)(C)C. The van der Waals surface area contributed by atoms with Crippen molar-refractivity contribution in [2.75, 3.05) is 19.6 Å². The predicted molar refractivity (Wildman–Crippen MR) is 95.5 cm³/mol. The summed E-state index contributed by atoms with van der Waals surface area (Å²) in [4.78, 5) is 18.8. The van der Waals surface area contributed by atoms with Gasteiger partial charge in [0.15, 0.2) is 0 Å². The molecular weight excluding hydrogens is 288 g/mol. The van der Waals surface area contributed by atoms with Crippen molar-refractivity contribution in [3.05, 3.63) is 35.9 Å². The van der Waals surface area contributed by atoms with Crippen LogP contribution in [0.15, 0.2) is 30.3 Å². The normalized spacial score (nSPS) is 24.1. The predicted octanol–water partition coefficient (Wildman–Crippen LogP) is 3.24. The molecule has 0 heterocycles. The number of hydrogen-bond donors (Lipinski definition) is 1. The molecule has 1 aromatic carbocycles. The van der Waals surface area contributed by atoms with E-state index in [1.54, 1.807) is 0 Å².